The average Bonchev–Trinajstić information content (AvgIpc) is 2.35. The number of thiocarbonyl (C=S) groups is 1. The van der Waals surface area contributed by atoms with Crippen molar-refractivity contribution in [2.45, 2.75) is 6.54 Å². The zero-order chi connectivity index (χ0) is 12.7. The number of rotatable bonds is 4. The minimum Gasteiger partial charge on any atom is -0.359 e. The monoisotopic (exact) mass is 255 g/mol. The van der Waals surface area contributed by atoms with E-state index in [1.54, 1.807) is 19.2 Å². The predicted molar refractivity (Wildman–Crippen MR) is 67.9 cm³/mol. The van der Waals surface area contributed by atoms with Crippen LogP contribution in [0.4, 0.5) is 4.39 Å². The van der Waals surface area contributed by atoms with Gasteiger partial charge >= 0.3 is 0 Å². The highest BCUT2D eigenvalue weighted by Crippen LogP contribution is 2.01. The van der Waals surface area contributed by atoms with Gasteiger partial charge in [0.15, 0.2) is 5.11 Å². The second-order valence-corrected chi connectivity index (χ2v) is 3.74. The number of likely N-dealkylation sites (N-methyl/N-ethyl adjacent to an activating group) is 1. The lowest BCUT2D eigenvalue weighted by molar-refractivity contribution is -0.119. The molecule has 0 unspecified atom stereocenters. The van der Waals surface area contributed by atoms with Gasteiger partial charge in [0.2, 0.25) is 5.91 Å². The number of carbonyl (C=O) groups excluding carboxylic acids is 1. The molecule has 0 aliphatic heterocycles. The van der Waals surface area contributed by atoms with Crippen molar-refractivity contribution in [3.8, 4) is 0 Å². The van der Waals surface area contributed by atoms with E-state index >= 15 is 0 Å². The van der Waals surface area contributed by atoms with Crippen molar-refractivity contribution in [3.63, 3.8) is 0 Å². The van der Waals surface area contributed by atoms with Crippen LogP contribution >= 0.6 is 12.2 Å². The molecule has 0 aliphatic carbocycles. The van der Waals surface area contributed by atoms with Crippen molar-refractivity contribution in [3.05, 3.63) is 35.6 Å². The van der Waals surface area contributed by atoms with Crippen LogP contribution in [0.1, 0.15) is 5.56 Å². The summed E-state index contributed by atoms with van der Waals surface area (Å²) >= 11 is 4.97. The largest absolute Gasteiger partial charge is 0.359 e. The molecule has 0 aliphatic rings. The molecule has 92 valence electrons. The maximum atomic E-state index is 12.6. The summed E-state index contributed by atoms with van der Waals surface area (Å²) in [5.41, 5.74) is 0.912. The second kappa shape index (κ2) is 6.80. The lowest BCUT2D eigenvalue weighted by Crippen LogP contribution is -2.40. The summed E-state index contributed by atoms with van der Waals surface area (Å²) < 4.78 is 12.6. The molecule has 0 fully saturated rings. The molecule has 1 aromatic rings. The predicted octanol–water partition coefficient (Wildman–Crippen LogP) is 0.536. The third-order valence-corrected chi connectivity index (χ3v) is 2.34. The molecule has 6 heteroatoms. The van der Waals surface area contributed by atoms with Crippen LogP contribution in [0.2, 0.25) is 0 Å². The zero-order valence-corrected chi connectivity index (χ0v) is 10.2. The number of hydrogen-bond donors (Lipinski definition) is 3. The van der Waals surface area contributed by atoms with Gasteiger partial charge in [-0.15, -0.1) is 0 Å². The van der Waals surface area contributed by atoms with Gasteiger partial charge in [-0.1, -0.05) is 12.1 Å². The molecule has 0 radical (unpaired) electrons. The Balaban J connectivity index is 2.28. The molecule has 0 aromatic heterocycles. The number of carbonyl (C=O) groups is 1. The van der Waals surface area contributed by atoms with Gasteiger partial charge in [-0.25, -0.2) is 4.39 Å². The van der Waals surface area contributed by atoms with Crippen LogP contribution in [0, 0.1) is 5.82 Å². The van der Waals surface area contributed by atoms with Crippen molar-refractivity contribution < 1.29 is 9.18 Å². The van der Waals surface area contributed by atoms with Gasteiger partial charge in [0.1, 0.15) is 5.82 Å². The minimum atomic E-state index is -0.269. The summed E-state index contributed by atoms with van der Waals surface area (Å²) in [5.74, 6) is -0.412. The van der Waals surface area contributed by atoms with Gasteiger partial charge in [0, 0.05) is 13.6 Å². The molecule has 0 saturated carbocycles. The molecule has 1 amide bonds. The van der Waals surface area contributed by atoms with Gasteiger partial charge in [-0.2, -0.15) is 0 Å². The highest BCUT2D eigenvalue weighted by atomic mass is 32.1. The Morgan fingerprint density at radius 3 is 2.53 bits per heavy atom. The number of halogens is 1. The van der Waals surface area contributed by atoms with Crippen molar-refractivity contribution >= 4 is 23.2 Å². The van der Waals surface area contributed by atoms with Crippen LogP contribution in [0.25, 0.3) is 0 Å². The SMILES string of the molecule is CNC(=O)CNC(=S)NCc1ccc(F)cc1. The topological polar surface area (TPSA) is 53.2 Å². The fourth-order valence-electron chi connectivity index (χ4n) is 1.10. The normalized spacial score (nSPS) is 9.53. The van der Waals surface area contributed by atoms with Crippen LogP contribution in [-0.2, 0) is 11.3 Å². The maximum Gasteiger partial charge on any atom is 0.239 e. The van der Waals surface area contributed by atoms with Crippen LogP contribution < -0.4 is 16.0 Å². The lowest BCUT2D eigenvalue weighted by atomic mass is 10.2. The molecular weight excluding hydrogens is 241 g/mol. The fraction of sp³-hybridized carbons (Fsp3) is 0.273. The Hall–Kier alpha value is -1.69. The summed E-state index contributed by atoms with van der Waals surface area (Å²) in [4.78, 5) is 10.9. The molecule has 3 N–H and O–H groups in total. The van der Waals surface area contributed by atoms with E-state index in [4.69, 9.17) is 12.2 Å². The standard InChI is InChI=1S/C11H14FN3OS/c1-13-10(16)7-15-11(17)14-6-8-2-4-9(12)5-3-8/h2-5H,6-7H2,1H3,(H,13,16)(H2,14,15,17). The number of amides is 1. The van der Waals surface area contributed by atoms with E-state index in [1.807, 2.05) is 0 Å². The summed E-state index contributed by atoms with van der Waals surface area (Å²) in [5, 5.41) is 8.52. The van der Waals surface area contributed by atoms with Crippen molar-refractivity contribution in [2.75, 3.05) is 13.6 Å². The van der Waals surface area contributed by atoms with E-state index < -0.39 is 0 Å². The number of nitrogens with one attached hydrogen (secondary N) is 3. The van der Waals surface area contributed by atoms with E-state index in [2.05, 4.69) is 16.0 Å². The molecule has 0 atom stereocenters. The Bertz CT molecular complexity index is 394. The molecule has 17 heavy (non-hydrogen) atoms. The van der Waals surface area contributed by atoms with Crippen LogP contribution in [0.5, 0.6) is 0 Å². The first-order valence-electron chi connectivity index (χ1n) is 5.08. The molecule has 0 saturated heterocycles. The first-order chi connectivity index (χ1) is 8.11. The fourth-order valence-corrected chi connectivity index (χ4v) is 1.24. The molecule has 0 spiro atoms. The summed E-state index contributed by atoms with van der Waals surface area (Å²) in [6.45, 7) is 0.617. The molecule has 0 bridgehead atoms. The lowest BCUT2D eigenvalue weighted by Gasteiger charge is -2.09. The second-order valence-electron chi connectivity index (χ2n) is 3.34. The maximum absolute atomic E-state index is 12.6. The van der Waals surface area contributed by atoms with E-state index in [9.17, 15) is 9.18 Å². The Labute approximate surface area is 105 Å². The molecule has 1 rings (SSSR count). The van der Waals surface area contributed by atoms with E-state index in [0.29, 0.717) is 11.7 Å². The first kappa shape index (κ1) is 13.4. The van der Waals surface area contributed by atoms with Gasteiger partial charge < -0.3 is 16.0 Å². The highest BCUT2D eigenvalue weighted by molar-refractivity contribution is 7.80. The van der Waals surface area contributed by atoms with Crippen molar-refractivity contribution in [2.24, 2.45) is 0 Å². The van der Waals surface area contributed by atoms with Crippen LogP contribution in [0.3, 0.4) is 0 Å². The molecule has 4 nitrogen and oxygen atoms in total. The first-order valence-corrected chi connectivity index (χ1v) is 5.49. The molecular formula is C11H14FN3OS. The minimum absolute atomic E-state index is 0.131. The van der Waals surface area contributed by atoms with Crippen molar-refractivity contribution in [1.29, 1.82) is 0 Å². The van der Waals surface area contributed by atoms with Gasteiger partial charge in [-0.3, -0.25) is 4.79 Å². The van der Waals surface area contributed by atoms with E-state index in [0.717, 1.165) is 5.56 Å². The van der Waals surface area contributed by atoms with Gasteiger partial charge in [-0.05, 0) is 29.9 Å². The molecule has 1 aromatic carbocycles. The third kappa shape index (κ3) is 5.26. The third-order valence-electron chi connectivity index (χ3n) is 2.05. The van der Waals surface area contributed by atoms with E-state index in [1.165, 1.54) is 12.1 Å². The van der Waals surface area contributed by atoms with Crippen LogP contribution in [0.15, 0.2) is 24.3 Å². The van der Waals surface area contributed by atoms with Crippen molar-refractivity contribution in [1.82, 2.24) is 16.0 Å². The number of hydrogen-bond acceptors (Lipinski definition) is 2. The average molecular weight is 255 g/mol. The Kier molecular flexibility index (Phi) is 5.35. The zero-order valence-electron chi connectivity index (χ0n) is 9.42. The summed E-state index contributed by atoms with van der Waals surface area (Å²) in [6, 6.07) is 6.11. The highest BCUT2D eigenvalue weighted by Gasteiger charge is 2.00. The van der Waals surface area contributed by atoms with Gasteiger partial charge in [0.05, 0.1) is 6.54 Å². The number of benzene rings is 1. The summed E-state index contributed by atoms with van der Waals surface area (Å²) in [6.07, 6.45) is 0. The van der Waals surface area contributed by atoms with E-state index in [-0.39, 0.29) is 18.3 Å². The summed E-state index contributed by atoms with van der Waals surface area (Å²) in [7, 11) is 1.55. The Morgan fingerprint density at radius 1 is 1.29 bits per heavy atom. The van der Waals surface area contributed by atoms with Gasteiger partial charge in [0.25, 0.3) is 0 Å². The quantitative estimate of drug-likeness (QED) is 0.687. The van der Waals surface area contributed by atoms with Crippen LogP contribution in [-0.4, -0.2) is 24.6 Å². The Morgan fingerprint density at radius 2 is 1.94 bits per heavy atom. The smallest absolute Gasteiger partial charge is 0.239 e. The molecule has 0 heterocycles.